The van der Waals surface area contributed by atoms with Crippen molar-refractivity contribution in [3.8, 4) is 5.75 Å². The molecule has 0 aliphatic rings. The van der Waals surface area contributed by atoms with Crippen molar-refractivity contribution in [2.24, 2.45) is 0 Å². The van der Waals surface area contributed by atoms with E-state index in [2.05, 4.69) is 0 Å². The van der Waals surface area contributed by atoms with E-state index in [1.54, 1.807) is 30.3 Å². The van der Waals surface area contributed by atoms with Crippen LogP contribution in [0.25, 0.3) is 0 Å². The fraction of sp³-hybridized carbons (Fsp3) is 0. The Labute approximate surface area is 103 Å². The summed E-state index contributed by atoms with van der Waals surface area (Å²) in [5.41, 5.74) is 0.517. The van der Waals surface area contributed by atoms with Crippen LogP contribution in [0.5, 0.6) is 5.75 Å². The summed E-state index contributed by atoms with van der Waals surface area (Å²) in [7, 11) is 0. The lowest BCUT2D eigenvalue weighted by atomic mass is 10.0. The topological polar surface area (TPSA) is 74.6 Å². The number of ketones is 1. The number of carbonyl (C=O) groups is 2. The van der Waals surface area contributed by atoms with Crippen LogP contribution in [-0.2, 0) is 0 Å². The standard InChI is InChI=1S/C14H10O4/c15-12-8-10(6-7-11(12)14(17)18)13(16)9-4-2-1-3-5-9/h1-8,15H,(H,17,18). The number of carboxylic acids is 1. The maximum Gasteiger partial charge on any atom is 0.339 e. The molecule has 90 valence electrons. The molecule has 0 fully saturated rings. The molecule has 0 aromatic heterocycles. The van der Waals surface area contributed by atoms with Crippen molar-refractivity contribution in [2.75, 3.05) is 0 Å². The quantitative estimate of drug-likeness (QED) is 0.810. The molecule has 0 bridgehead atoms. The average molecular weight is 242 g/mol. The Morgan fingerprint density at radius 2 is 1.56 bits per heavy atom. The molecule has 0 spiro atoms. The Morgan fingerprint density at radius 3 is 2.11 bits per heavy atom. The van der Waals surface area contributed by atoms with Gasteiger partial charge in [-0.3, -0.25) is 4.79 Å². The number of aromatic carboxylic acids is 1. The van der Waals surface area contributed by atoms with Crippen LogP contribution in [0.1, 0.15) is 26.3 Å². The molecule has 0 saturated carbocycles. The number of carbonyl (C=O) groups excluding carboxylic acids is 1. The van der Waals surface area contributed by atoms with Crippen LogP contribution in [0, 0.1) is 0 Å². The summed E-state index contributed by atoms with van der Waals surface area (Å²) in [5, 5.41) is 18.3. The molecule has 0 atom stereocenters. The highest BCUT2D eigenvalue weighted by molar-refractivity contribution is 6.09. The Hall–Kier alpha value is -2.62. The van der Waals surface area contributed by atoms with Crippen LogP contribution < -0.4 is 0 Å². The van der Waals surface area contributed by atoms with Gasteiger partial charge >= 0.3 is 5.97 Å². The van der Waals surface area contributed by atoms with Crippen molar-refractivity contribution in [3.05, 3.63) is 65.2 Å². The summed E-state index contributed by atoms with van der Waals surface area (Å²) in [6, 6.07) is 12.3. The maximum atomic E-state index is 12.0. The molecular weight excluding hydrogens is 232 g/mol. The second-order valence-electron chi connectivity index (χ2n) is 3.73. The molecule has 0 heterocycles. The van der Waals surface area contributed by atoms with E-state index in [0.29, 0.717) is 5.56 Å². The van der Waals surface area contributed by atoms with Crippen LogP contribution in [0.2, 0.25) is 0 Å². The van der Waals surface area contributed by atoms with Crippen LogP contribution in [0.15, 0.2) is 48.5 Å². The Balaban J connectivity index is 2.39. The van der Waals surface area contributed by atoms with Gasteiger partial charge in [-0.15, -0.1) is 0 Å². The second kappa shape index (κ2) is 4.71. The number of benzene rings is 2. The summed E-state index contributed by atoms with van der Waals surface area (Å²) in [4.78, 5) is 22.7. The highest BCUT2D eigenvalue weighted by Crippen LogP contribution is 2.20. The predicted octanol–water partition coefficient (Wildman–Crippen LogP) is 2.32. The van der Waals surface area contributed by atoms with Crippen LogP contribution in [0.3, 0.4) is 0 Å². The summed E-state index contributed by atoms with van der Waals surface area (Å²) in [6.45, 7) is 0. The Bertz CT molecular complexity index is 602. The van der Waals surface area contributed by atoms with E-state index in [4.69, 9.17) is 5.11 Å². The number of rotatable bonds is 3. The van der Waals surface area contributed by atoms with Crippen molar-refractivity contribution in [3.63, 3.8) is 0 Å². The third-order valence-electron chi connectivity index (χ3n) is 2.53. The Kier molecular flexibility index (Phi) is 3.10. The van der Waals surface area contributed by atoms with E-state index in [9.17, 15) is 14.7 Å². The second-order valence-corrected chi connectivity index (χ2v) is 3.73. The molecule has 18 heavy (non-hydrogen) atoms. The fourth-order valence-corrected chi connectivity index (χ4v) is 1.61. The molecule has 4 heteroatoms. The molecule has 2 aromatic carbocycles. The molecule has 2 N–H and O–H groups in total. The van der Waals surface area contributed by atoms with Gasteiger partial charge in [0.1, 0.15) is 11.3 Å². The molecule has 4 nitrogen and oxygen atoms in total. The first kappa shape index (κ1) is 11.9. The summed E-state index contributed by atoms with van der Waals surface area (Å²) >= 11 is 0. The van der Waals surface area contributed by atoms with Crippen LogP contribution >= 0.6 is 0 Å². The molecule has 2 aromatic rings. The Morgan fingerprint density at radius 1 is 0.889 bits per heavy atom. The number of aromatic hydroxyl groups is 1. The smallest absolute Gasteiger partial charge is 0.339 e. The lowest BCUT2D eigenvalue weighted by molar-refractivity contribution is 0.0693. The zero-order valence-corrected chi connectivity index (χ0v) is 9.33. The van der Waals surface area contributed by atoms with Crippen molar-refractivity contribution in [1.82, 2.24) is 0 Å². The monoisotopic (exact) mass is 242 g/mol. The number of phenols is 1. The highest BCUT2D eigenvalue weighted by atomic mass is 16.4. The van der Waals surface area contributed by atoms with Crippen molar-refractivity contribution >= 4 is 11.8 Å². The SMILES string of the molecule is O=C(c1ccccc1)c1ccc(C(=O)O)c(O)c1. The van der Waals surface area contributed by atoms with E-state index in [-0.39, 0.29) is 16.9 Å². The van der Waals surface area contributed by atoms with Crippen molar-refractivity contribution < 1.29 is 19.8 Å². The van der Waals surface area contributed by atoms with Gasteiger partial charge in [0.2, 0.25) is 0 Å². The van der Waals surface area contributed by atoms with Gasteiger partial charge in [-0.1, -0.05) is 30.3 Å². The first-order chi connectivity index (χ1) is 8.59. The van der Waals surface area contributed by atoms with E-state index in [0.717, 1.165) is 0 Å². The van der Waals surface area contributed by atoms with Crippen LogP contribution in [-0.4, -0.2) is 22.0 Å². The molecule has 2 rings (SSSR count). The van der Waals surface area contributed by atoms with Crippen LogP contribution in [0.4, 0.5) is 0 Å². The lowest BCUT2D eigenvalue weighted by Gasteiger charge is -2.04. The highest BCUT2D eigenvalue weighted by Gasteiger charge is 2.14. The molecule has 0 amide bonds. The minimum Gasteiger partial charge on any atom is -0.507 e. The average Bonchev–Trinajstić information content (AvgIpc) is 2.38. The molecule has 0 aliphatic carbocycles. The number of hydrogen-bond acceptors (Lipinski definition) is 3. The van der Waals surface area contributed by atoms with E-state index in [1.165, 1.54) is 18.2 Å². The van der Waals surface area contributed by atoms with Gasteiger partial charge in [0.15, 0.2) is 5.78 Å². The fourth-order valence-electron chi connectivity index (χ4n) is 1.61. The zero-order chi connectivity index (χ0) is 13.1. The van der Waals surface area contributed by atoms with Gasteiger partial charge < -0.3 is 10.2 Å². The molecule has 0 saturated heterocycles. The zero-order valence-electron chi connectivity index (χ0n) is 9.33. The third kappa shape index (κ3) is 2.22. The van der Waals surface area contributed by atoms with Gasteiger partial charge in [0, 0.05) is 11.1 Å². The minimum absolute atomic E-state index is 0.223. The van der Waals surface area contributed by atoms with Crippen molar-refractivity contribution in [1.29, 1.82) is 0 Å². The first-order valence-electron chi connectivity index (χ1n) is 5.25. The van der Waals surface area contributed by atoms with Gasteiger partial charge in [-0.2, -0.15) is 0 Å². The molecule has 0 aliphatic heterocycles. The first-order valence-corrected chi connectivity index (χ1v) is 5.25. The predicted molar refractivity (Wildman–Crippen MR) is 64.9 cm³/mol. The molecule has 0 radical (unpaired) electrons. The normalized spacial score (nSPS) is 10.0. The van der Waals surface area contributed by atoms with Gasteiger partial charge in [-0.05, 0) is 18.2 Å². The van der Waals surface area contributed by atoms with Gasteiger partial charge in [-0.25, -0.2) is 4.79 Å². The molecular formula is C14H10O4. The summed E-state index contributed by atoms with van der Waals surface area (Å²) < 4.78 is 0. The summed E-state index contributed by atoms with van der Waals surface area (Å²) in [5.74, 6) is -1.90. The summed E-state index contributed by atoms with van der Waals surface area (Å²) in [6.07, 6.45) is 0. The minimum atomic E-state index is -1.23. The molecule has 0 unspecified atom stereocenters. The van der Waals surface area contributed by atoms with E-state index >= 15 is 0 Å². The van der Waals surface area contributed by atoms with Gasteiger partial charge in [0.25, 0.3) is 0 Å². The van der Waals surface area contributed by atoms with Crippen molar-refractivity contribution in [2.45, 2.75) is 0 Å². The number of hydrogen-bond donors (Lipinski definition) is 2. The largest absolute Gasteiger partial charge is 0.507 e. The lowest BCUT2D eigenvalue weighted by Crippen LogP contribution is -2.03. The maximum absolute atomic E-state index is 12.0. The van der Waals surface area contributed by atoms with Gasteiger partial charge in [0.05, 0.1) is 0 Å². The van der Waals surface area contributed by atoms with E-state index in [1.807, 2.05) is 0 Å². The number of carboxylic acid groups (broad SMARTS) is 1. The third-order valence-corrected chi connectivity index (χ3v) is 2.53. The van der Waals surface area contributed by atoms with E-state index < -0.39 is 11.7 Å².